The normalized spacial score (nSPS) is 27.1. The van der Waals surface area contributed by atoms with Gasteiger partial charge >= 0.3 is 0 Å². The van der Waals surface area contributed by atoms with Crippen molar-refractivity contribution in [2.24, 2.45) is 5.92 Å². The van der Waals surface area contributed by atoms with E-state index in [0.717, 1.165) is 24.9 Å². The second-order valence-electron chi connectivity index (χ2n) is 6.62. The summed E-state index contributed by atoms with van der Waals surface area (Å²) in [5.41, 5.74) is 3.11. The Kier molecular flexibility index (Phi) is 4.42. The first-order valence-electron chi connectivity index (χ1n) is 8.30. The Morgan fingerprint density at radius 1 is 1.20 bits per heavy atom. The van der Waals surface area contributed by atoms with Gasteiger partial charge in [0.25, 0.3) is 0 Å². The number of hydrogen-bond acceptors (Lipinski definition) is 2. The van der Waals surface area contributed by atoms with E-state index in [1.807, 2.05) is 0 Å². The van der Waals surface area contributed by atoms with Crippen molar-refractivity contribution < 1.29 is 0 Å². The summed E-state index contributed by atoms with van der Waals surface area (Å²) in [7, 11) is 2.29. The first-order valence-corrected chi connectivity index (χ1v) is 8.30. The molecular weight excluding hydrogens is 244 g/mol. The van der Waals surface area contributed by atoms with Crippen LogP contribution in [-0.2, 0) is 0 Å². The molecule has 0 aromatic heterocycles. The summed E-state index contributed by atoms with van der Waals surface area (Å²) < 4.78 is 0. The number of nitrogens with one attached hydrogen (secondary N) is 1. The average molecular weight is 272 g/mol. The Bertz CT molecular complexity index is 439. The van der Waals surface area contributed by atoms with Crippen molar-refractivity contribution in [2.45, 2.75) is 44.6 Å². The van der Waals surface area contributed by atoms with Crippen molar-refractivity contribution >= 4 is 0 Å². The van der Waals surface area contributed by atoms with Gasteiger partial charge in [0.1, 0.15) is 0 Å². The lowest BCUT2D eigenvalue weighted by atomic mass is 9.92. The Morgan fingerprint density at radius 2 is 2.00 bits per heavy atom. The number of rotatable bonds is 6. The average Bonchev–Trinajstić information content (AvgIpc) is 3.24. The molecule has 2 atom stereocenters. The molecule has 2 heteroatoms. The van der Waals surface area contributed by atoms with Crippen LogP contribution in [0.1, 0.15) is 55.7 Å². The highest BCUT2D eigenvalue weighted by Gasteiger charge is 2.33. The summed E-state index contributed by atoms with van der Waals surface area (Å²) in [6, 6.07) is 10.0. The van der Waals surface area contributed by atoms with Crippen LogP contribution < -0.4 is 5.32 Å². The molecule has 1 heterocycles. The van der Waals surface area contributed by atoms with Gasteiger partial charge in [-0.3, -0.25) is 4.90 Å². The van der Waals surface area contributed by atoms with Crippen LogP contribution in [0.4, 0.5) is 0 Å². The Balaban J connectivity index is 1.73. The maximum atomic E-state index is 3.62. The molecule has 0 bridgehead atoms. The topological polar surface area (TPSA) is 15.3 Å². The van der Waals surface area contributed by atoms with E-state index in [-0.39, 0.29) is 0 Å². The summed E-state index contributed by atoms with van der Waals surface area (Å²) in [4.78, 5) is 2.55. The van der Waals surface area contributed by atoms with E-state index >= 15 is 0 Å². The first kappa shape index (κ1) is 14.1. The number of likely N-dealkylation sites (tertiary alicyclic amines) is 1. The predicted octanol–water partition coefficient (Wildman–Crippen LogP) is 3.56. The molecule has 2 nitrogen and oxygen atoms in total. The van der Waals surface area contributed by atoms with Gasteiger partial charge in [-0.15, -0.1) is 0 Å². The Hall–Kier alpha value is -0.860. The molecule has 20 heavy (non-hydrogen) atoms. The Morgan fingerprint density at radius 3 is 2.75 bits per heavy atom. The molecule has 1 saturated heterocycles. The van der Waals surface area contributed by atoms with E-state index in [2.05, 4.69) is 48.5 Å². The summed E-state index contributed by atoms with van der Waals surface area (Å²) in [6.45, 7) is 5.78. The van der Waals surface area contributed by atoms with Gasteiger partial charge in [0.15, 0.2) is 0 Å². The highest BCUT2D eigenvalue weighted by molar-refractivity contribution is 5.31. The minimum absolute atomic E-state index is 0.609. The lowest BCUT2D eigenvalue weighted by molar-refractivity contribution is 0.272. The van der Waals surface area contributed by atoms with Crippen molar-refractivity contribution in [3.05, 3.63) is 35.4 Å². The fraction of sp³-hybridized carbons (Fsp3) is 0.667. The highest BCUT2D eigenvalue weighted by atomic mass is 15.2. The molecule has 0 spiro atoms. The van der Waals surface area contributed by atoms with E-state index in [9.17, 15) is 0 Å². The number of nitrogens with zero attached hydrogens (tertiary/aromatic N) is 1. The van der Waals surface area contributed by atoms with Crippen LogP contribution in [0.25, 0.3) is 0 Å². The van der Waals surface area contributed by atoms with Crippen molar-refractivity contribution in [1.29, 1.82) is 0 Å². The van der Waals surface area contributed by atoms with Crippen molar-refractivity contribution in [3.63, 3.8) is 0 Å². The third-order valence-electron chi connectivity index (χ3n) is 4.91. The molecule has 1 aromatic rings. The fourth-order valence-electron chi connectivity index (χ4n) is 3.64. The zero-order valence-electron chi connectivity index (χ0n) is 12.9. The molecule has 2 aliphatic rings. The lowest BCUT2D eigenvalue weighted by Crippen LogP contribution is -2.29. The molecule has 0 amide bonds. The molecule has 1 aromatic carbocycles. The van der Waals surface area contributed by atoms with Gasteiger partial charge in [-0.2, -0.15) is 0 Å². The molecule has 1 N–H and O–H groups in total. The van der Waals surface area contributed by atoms with Gasteiger partial charge in [0, 0.05) is 6.04 Å². The highest BCUT2D eigenvalue weighted by Crippen LogP contribution is 2.42. The van der Waals surface area contributed by atoms with Gasteiger partial charge in [0.2, 0.25) is 0 Å². The second kappa shape index (κ2) is 6.28. The third kappa shape index (κ3) is 3.07. The van der Waals surface area contributed by atoms with E-state index in [4.69, 9.17) is 0 Å². The molecule has 2 unspecified atom stereocenters. The maximum absolute atomic E-state index is 3.62. The van der Waals surface area contributed by atoms with Crippen LogP contribution in [0.2, 0.25) is 0 Å². The van der Waals surface area contributed by atoms with E-state index in [1.54, 1.807) is 5.56 Å². The molecule has 1 aliphatic carbocycles. The summed E-state index contributed by atoms with van der Waals surface area (Å²) >= 11 is 0. The molecule has 0 radical (unpaired) electrons. The summed E-state index contributed by atoms with van der Waals surface area (Å²) in [5, 5.41) is 3.62. The van der Waals surface area contributed by atoms with Crippen molar-refractivity contribution in [2.75, 3.05) is 26.7 Å². The molecule has 1 aliphatic heterocycles. The Labute approximate surface area is 123 Å². The smallest absolute Gasteiger partial charge is 0.0385 e. The summed E-state index contributed by atoms with van der Waals surface area (Å²) in [6.07, 6.45) is 5.34. The summed E-state index contributed by atoms with van der Waals surface area (Å²) in [5.74, 6) is 1.62. The fourth-order valence-corrected chi connectivity index (χ4v) is 3.64. The molecule has 3 rings (SSSR count). The zero-order chi connectivity index (χ0) is 13.9. The molecule has 110 valence electrons. The van der Waals surface area contributed by atoms with Gasteiger partial charge in [-0.25, -0.2) is 0 Å². The SMILES string of the molecule is CCCNCC1CCN(C)C1c1cccc(C2CC2)c1. The van der Waals surface area contributed by atoms with Gasteiger partial charge in [-0.05, 0) is 75.3 Å². The largest absolute Gasteiger partial charge is 0.316 e. The third-order valence-corrected chi connectivity index (χ3v) is 4.91. The number of benzene rings is 1. The van der Waals surface area contributed by atoms with Gasteiger partial charge in [0.05, 0.1) is 0 Å². The number of hydrogen-bond donors (Lipinski definition) is 1. The lowest BCUT2D eigenvalue weighted by Gasteiger charge is -2.26. The second-order valence-corrected chi connectivity index (χ2v) is 6.62. The minimum atomic E-state index is 0.609. The van der Waals surface area contributed by atoms with Gasteiger partial charge in [-0.1, -0.05) is 31.2 Å². The minimum Gasteiger partial charge on any atom is -0.316 e. The first-order chi connectivity index (χ1) is 9.79. The molecular formula is C18H28N2. The molecule has 1 saturated carbocycles. The van der Waals surface area contributed by atoms with Gasteiger partial charge < -0.3 is 5.32 Å². The quantitative estimate of drug-likeness (QED) is 0.797. The van der Waals surface area contributed by atoms with Crippen LogP contribution in [0.3, 0.4) is 0 Å². The van der Waals surface area contributed by atoms with Crippen LogP contribution >= 0.6 is 0 Å². The van der Waals surface area contributed by atoms with E-state index in [1.165, 1.54) is 37.8 Å². The molecule has 2 fully saturated rings. The predicted molar refractivity (Wildman–Crippen MR) is 85.1 cm³/mol. The monoisotopic (exact) mass is 272 g/mol. The van der Waals surface area contributed by atoms with Crippen LogP contribution in [0.15, 0.2) is 24.3 Å². The zero-order valence-corrected chi connectivity index (χ0v) is 12.9. The van der Waals surface area contributed by atoms with Crippen LogP contribution in [-0.4, -0.2) is 31.6 Å². The van der Waals surface area contributed by atoms with E-state index in [0.29, 0.717) is 6.04 Å². The van der Waals surface area contributed by atoms with Crippen molar-refractivity contribution in [3.8, 4) is 0 Å². The van der Waals surface area contributed by atoms with Crippen molar-refractivity contribution in [1.82, 2.24) is 10.2 Å². The standard InChI is InChI=1S/C18H28N2/c1-3-10-19-13-17-9-11-20(2)18(17)16-6-4-5-15(12-16)14-7-8-14/h4-6,12,14,17-19H,3,7-11,13H2,1-2H3. The maximum Gasteiger partial charge on any atom is 0.0385 e. The van der Waals surface area contributed by atoms with Crippen LogP contribution in [0.5, 0.6) is 0 Å². The van der Waals surface area contributed by atoms with E-state index < -0.39 is 0 Å². The van der Waals surface area contributed by atoms with Crippen LogP contribution in [0, 0.1) is 5.92 Å².